The van der Waals surface area contributed by atoms with E-state index in [1.54, 1.807) is 35.3 Å². The summed E-state index contributed by atoms with van der Waals surface area (Å²) in [6.45, 7) is 1.73. The molecule has 2 unspecified atom stereocenters. The van der Waals surface area contributed by atoms with Crippen molar-refractivity contribution in [1.29, 1.82) is 0 Å². The number of rotatable bonds is 12. The lowest BCUT2D eigenvalue weighted by Gasteiger charge is -2.34. The van der Waals surface area contributed by atoms with E-state index >= 15 is 0 Å². The first kappa shape index (κ1) is 30.8. The first-order chi connectivity index (χ1) is 19.6. The summed E-state index contributed by atoms with van der Waals surface area (Å²) in [6, 6.07) is 16.7. The smallest absolute Gasteiger partial charge is 0.259 e. The van der Waals surface area contributed by atoms with Crippen LogP contribution in [-0.2, 0) is 30.6 Å². The summed E-state index contributed by atoms with van der Waals surface area (Å²) in [6.07, 6.45) is 6.02. The van der Waals surface area contributed by atoms with E-state index < -0.39 is 32.8 Å². The molecule has 4 rings (SSSR count). The lowest BCUT2D eigenvalue weighted by Crippen LogP contribution is -2.52. The first-order valence-electron chi connectivity index (χ1n) is 14.0. The minimum Gasteiger partial charge on any atom is -0.378 e. The minimum absolute atomic E-state index is 0.0563. The topological polar surface area (TPSA) is 153 Å². The molecule has 9 nitrogen and oxygen atoms in total. The van der Waals surface area contributed by atoms with Crippen molar-refractivity contribution in [3.8, 4) is 0 Å². The van der Waals surface area contributed by atoms with Crippen LogP contribution in [0, 0.1) is 5.92 Å². The molecule has 0 radical (unpaired) electrons. The Bertz CT molecular complexity index is 1360. The van der Waals surface area contributed by atoms with Crippen LogP contribution in [0.15, 0.2) is 89.4 Å². The third-order valence-electron chi connectivity index (χ3n) is 7.75. The number of allylic oxidation sites excluding steroid dienone is 1. The zero-order valence-electron chi connectivity index (χ0n) is 23.1. The van der Waals surface area contributed by atoms with Crippen molar-refractivity contribution in [2.75, 3.05) is 26.3 Å². The molecule has 1 aliphatic heterocycles. The quantitative estimate of drug-likeness (QED) is 0.345. The van der Waals surface area contributed by atoms with Gasteiger partial charge >= 0.3 is 0 Å². The molecule has 0 aromatic heterocycles. The summed E-state index contributed by atoms with van der Waals surface area (Å²) in [5.74, 6) is -1.31. The van der Waals surface area contributed by atoms with Gasteiger partial charge in [-0.3, -0.25) is 9.59 Å². The molecule has 2 aliphatic rings. The largest absolute Gasteiger partial charge is 0.378 e. The third kappa shape index (κ3) is 7.78. The Hall–Kier alpha value is -3.15. The number of nitrogens with two attached hydrogens (primary N) is 2. The van der Waals surface area contributed by atoms with Gasteiger partial charge < -0.3 is 26.2 Å². The van der Waals surface area contributed by atoms with Gasteiger partial charge in [0.05, 0.1) is 24.2 Å². The lowest BCUT2D eigenvalue weighted by atomic mass is 9.84. The summed E-state index contributed by atoms with van der Waals surface area (Å²) in [5.41, 5.74) is 12.7. The zero-order valence-corrected chi connectivity index (χ0v) is 23.9. The molecule has 1 amide bonds. The summed E-state index contributed by atoms with van der Waals surface area (Å²) < 4.78 is 31.6. The summed E-state index contributed by atoms with van der Waals surface area (Å²) in [7, 11) is -3.84. The molecule has 5 N–H and O–H groups in total. The molecule has 41 heavy (non-hydrogen) atoms. The molecule has 4 atom stereocenters. The first-order valence-corrected chi connectivity index (χ1v) is 15.5. The molecule has 0 saturated carbocycles. The number of ether oxygens (including phenoxy) is 1. The Labute approximate surface area is 241 Å². The maximum Gasteiger partial charge on any atom is 0.259 e. The van der Waals surface area contributed by atoms with Crippen LogP contribution < -0.4 is 11.5 Å². The van der Waals surface area contributed by atoms with Crippen LogP contribution in [0.25, 0.3) is 0 Å². The number of benzene rings is 2. The third-order valence-corrected chi connectivity index (χ3v) is 9.67. The molecule has 1 aliphatic carbocycles. The van der Waals surface area contributed by atoms with Crippen LogP contribution in [-0.4, -0.2) is 73.4 Å². The monoisotopic (exact) mass is 581 g/mol. The molecular weight excluding hydrogens is 542 g/mol. The molecule has 0 spiro atoms. The molecule has 220 valence electrons. The average Bonchev–Trinajstić information content (AvgIpc) is 3.01. The SMILES string of the molecule is N[C@H](CC(CCc1ccccc1)C(=O)[C@@H](N)CC1=CCC(O)(C(=O)N2CCOCC2)C=C1)S(=O)(=O)c1ccccc1. The fourth-order valence-electron chi connectivity index (χ4n) is 5.23. The number of Topliss-reactive ketones (excluding diaryl/α,β-unsaturated/α-hetero) is 1. The number of hydrogen-bond donors (Lipinski definition) is 3. The standard InChI is InChI=1S/C31H39N3O6S/c32-27(21-24-13-15-31(37,16-14-24)30(36)34-17-19-40-20-18-34)29(35)25(12-11-23-7-3-1-4-8-23)22-28(33)41(38,39)26-9-5-2-6-10-26/h1-10,13-15,25,27-28,37H,11-12,16-22,32-33H2/t25?,27-,28-,31?/m0/s1. The number of hydrogen-bond acceptors (Lipinski definition) is 8. The van der Waals surface area contributed by atoms with Gasteiger partial charge in [-0.05, 0) is 49.5 Å². The van der Waals surface area contributed by atoms with E-state index in [1.807, 2.05) is 30.3 Å². The summed E-state index contributed by atoms with van der Waals surface area (Å²) in [5, 5.41) is 9.69. The van der Waals surface area contributed by atoms with Gasteiger partial charge in [-0.2, -0.15) is 0 Å². The van der Waals surface area contributed by atoms with Crippen LogP contribution in [0.3, 0.4) is 0 Å². The second-order valence-electron chi connectivity index (χ2n) is 10.7. The van der Waals surface area contributed by atoms with Crippen LogP contribution in [0.1, 0.15) is 31.2 Å². The number of amides is 1. The Morgan fingerprint density at radius 1 is 1.00 bits per heavy atom. The van der Waals surface area contributed by atoms with Gasteiger partial charge in [0.15, 0.2) is 21.2 Å². The Kier molecular flexibility index (Phi) is 10.3. The van der Waals surface area contributed by atoms with Crippen LogP contribution >= 0.6 is 0 Å². The zero-order chi connectivity index (χ0) is 29.5. The molecular formula is C31H39N3O6S. The normalized spacial score (nSPS) is 21.5. The number of carbonyl (C=O) groups excluding carboxylic acids is 2. The fraction of sp³-hybridized carbons (Fsp3) is 0.419. The number of ketones is 1. The second kappa shape index (κ2) is 13.7. The maximum atomic E-state index is 13.6. The highest BCUT2D eigenvalue weighted by Crippen LogP contribution is 2.28. The van der Waals surface area contributed by atoms with Gasteiger partial charge in [-0.15, -0.1) is 0 Å². The summed E-state index contributed by atoms with van der Waals surface area (Å²) in [4.78, 5) is 28.2. The predicted octanol–water partition coefficient (Wildman–Crippen LogP) is 2.15. The predicted molar refractivity (Wildman–Crippen MR) is 156 cm³/mol. The highest BCUT2D eigenvalue weighted by atomic mass is 32.2. The van der Waals surface area contributed by atoms with Crippen molar-refractivity contribution in [2.24, 2.45) is 17.4 Å². The number of aliphatic hydroxyl groups is 1. The van der Waals surface area contributed by atoms with Crippen LogP contribution in [0.5, 0.6) is 0 Å². The van der Waals surface area contributed by atoms with Gasteiger partial charge in [0.1, 0.15) is 5.37 Å². The lowest BCUT2D eigenvalue weighted by molar-refractivity contribution is -0.150. The molecule has 1 fully saturated rings. The van der Waals surface area contributed by atoms with Crippen molar-refractivity contribution >= 4 is 21.5 Å². The molecule has 0 bridgehead atoms. The van der Waals surface area contributed by atoms with E-state index in [0.717, 1.165) is 11.1 Å². The van der Waals surface area contributed by atoms with Gasteiger partial charge in [-0.25, -0.2) is 8.42 Å². The van der Waals surface area contributed by atoms with E-state index in [4.69, 9.17) is 16.2 Å². The van der Waals surface area contributed by atoms with Gasteiger partial charge in [0, 0.05) is 25.4 Å². The molecule has 2 aromatic rings. The number of sulfone groups is 1. The molecule has 1 heterocycles. The Morgan fingerprint density at radius 3 is 2.24 bits per heavy atom. The van der Waals surface area contributed by atoms with E-state index in [0.29, 0.717) is 39.1 Å². The second-order valence-corrected chi connectivity index (χ2v) is 12.9. The minimum atomic E-state index is -3.84. The van der Waals surface area contributed by atoms with Crippen molar-refractivity contribution in [3.63, 3.8) is 0 Å². The molecule has 1 saturated heterocycles. The summed E-state index contributed by atoms with van der Waals surface area (Å²) >= 11 is 0. The van der Waals surface area contributed by atoms with Crippen molar-refractivity contribution in [2.45, 2.75) is 54.0 Å². The van der Waals surface area contributed by atoms with Crippen molar-refractivity contribution < 1.29 is 27.9 Å². The number of morpholine rings is 1. The van der Waals surface area contributed by atoms with E-state index in [9.17, 15) is 23.1 Å². The van der Waals surface area contributed by atoms with Gasteiger partial charge in [-0.1, -0.05) is 66.3 Å². The highest BCUT2D eigenvalue weighted by Gasteiger charge is 2.38. The van der Waals surface area contributed by atoms with E-state index in [-0.39, 0.29) is 35.8 Å². The number of aryl methyl sites for hydroxylation is 1. The maximum absolute atomic E-state index is 13.6. The fourth-order valence-corrected chi connectivity index (χ4v) is 6.60. The van der Waals surface area contributed by atoms with Crippen molar-refractivity contribution in [1.82, 2.24) is 4.90 Å². The van der Waals surface area contributed by atoms with Gasteiger partial charge in [0.2, 0.25) is 0 Å². The van der Waals surface area contributed by atoms with Gasteiger partial charge in [0.25, 0.3) is 5.91 Å². The van der Waals surface area contributed by atoms with Crippen LogP contribution in [0.4, 0.5) is 0 Å². The number of carbonyl (C=O) groups is 2. The average molecular weight is 582 g/mol. The Balaban J connectivity index is 1.43. The van der Waals surface area contributed by atoms with E-state index in [1.165, 1.54) is 18.2 Å². The highest BCUT2D eigenvalue weighted by molar-refractivity contribution is 7.92. The number of nitrogens with zero attached hydrogens (tertiary/aromatic N) is 1. The molecule has 10 heteroatoms. The Morgan fingerprint density at radius 2 is 1.63 bits per heavy atom. The van der Waals surface area contributed by atoms with E-state index in [2.05, 4.69) is 0 Å². The van der Waals surface area contributed by atoms with Crippen LogP contribution in [0.2, 0.25) is 0 Å². The van der Waals surface area contributed by atoms with Crippen molar-refractivity contribution in [3.05, 3.63) is 90.0 Å². The molecule has 2 aromatic carbocycles.